The lowest BCUT2D eigenvalue weighted by atomic mass is 9.95. The largest absolute Gasteiger partial charge is 0.340 e. The molecule has 8 heteroatoms. The van der Waals surface area contributed by atoms with Gasteiger partial charge < -0.3 is 4.90 Å². The van der Waals surface area contributed by atoms with Gasteiger partial charge >= 0.3 is 0 Å². The maximum atomic E-state index is 14.0. The average molecular weight is 451 g/mol. The number of carbonyl (C=O) groups excluding carboxylic acids is 1. The molecule has 1 amide bonds. The molecular weight excluding hydrogens is 423 g/mol. The molecule has 0 unspecified atom stereocenters. The SMILES string of the molecule is Cc1nc(CN2CCC(C(=O)N3CCN(Cc4c(F)cccc4Cl)CC3)CC2)cs1. The number of rotatable bonds is 5. The Morgan fingerprint density at radius 3 is 2.47 bits per heavy atom. The minimum Gasteiger partial charge on any atom is -0.340 e. The predicted octanol–water partition coefficient (Wildman–Crippen LogP) is 3.80. The highest BCUT2D eigenvalue weighted by molar-refractivity contribution is 7.09. The molecule has 5 nitrogen and oxygen atoms in total. The number of nitrogens with zero attached hydrogens (tertiary/aromatic N) is 4. The summed E-state index contributed by atoms with van der Waals surface area (Å²) in [6, 6.07) is 4.80. The Hall–Kier alpha value is -1.54. The van der Waals surface area contributed by atoms with Gasteiger partial charge in [0.05, 0.1) is 10.7 Å². The fourth-order valence-electron chi connectivity index (χ4n) is 4.34. The number of benzene rings is 1. The van der Waals surface area contributed by atoms with Crippen molar-refractivity contribution in [1.29, 1.82) is 0 Å². The Morgan fingerprint density at radius 1 is 1.13 bits per heavy atom. The van der Waals surface area contributed by atoms with Crippen LogP contribution in [0.2, 0.25) is 5.02 Å². The van der Waals surface area contributed by atoms with Gasteiger partial charge in [0.25, 0.3) is 0 Å². The van der Waals surface area contributed by atoms with Crippen LogP contribution in [0.15, 0.2) is 23.6 Å². The zero-order valence-electron chi connectivity index (χ0n) is 17.3. The van der Waals surface area contributed by atoms with Gasteiger partial charge in [-0.05, 0) is 45.0 Å². The topological polar surface area (TPSA) is 39.7 Å². The van der Waals surface area contributed by atoms with Crippen LogP contribution in [-0.2, 0) is 17.9 Å². The van der Waals surface area contributed by atoms with Crippen LogP contribution in [0.25, 0.3) is 0 Å². The van der Waals surface area contributed by atoms with E-state index in [2.05, 4.69) is 20.2 Å². The number of amides is 1. The first-order valence-electron chi connectivity index (χ1n) is 10.6. The Balaban J connectivity index is 1.23. The van der Waals surface area contributed by atoms with E-state index in [1.54, 1.807) is 23.5 Å². The Bertz CT molecular complexity index is 856. The summed E-state index contributed by atoms with van der Waals surface area (Å²) in [7, 11) is 0. The first kappa shape index (κ1) is 21.7. The molecule has 162 valence electrons. The van der Waals surface area contributed by atoms with E-state index in [0.717, 1.165) is 56.3 Å². The zero-order valence-corrected chi connectivity index (χ0v) is 18.9. The summed E-state index contributed by atoms with van der Waals surface area (Å²) >= 11 is 7.84. The summed E-state index contributed by atoms with van der Waals surface area (Å²) in [5.41, 5.74) is 1.68. The molecule has 1 aromatic carbocycles. The third-order valence-corrected chi connectivity index (χ3v) is 7.29. The molecule has 2 fully saturated rings. The van der Waals surface area contributed by atoms with Gasteiger partial charge in [-0.1, -0.05) is 17.7 Å². The van der Waals surface area contributed by atoms with Crippen molar-refractivity contribution >= 4 is 28.8 Å². The van der Waals surface area contributed by atoms with Gasteiger partial charge in [-0.15, -0.1) is 11.3 Å². The molecule has 2 aliphatic rings. The number of thiazole rings is 1. The molecule has 2 aliphatic heterocycles. The number of piperidine rings is 1. The second kappa shape index (κ2) is 9.73. The van der Waals surface area contributed by atoms with Gasteiger partial charge in [0, 0.05) is 61.2 Å². The predicted molar refractivity (Wildman–Crippen MR) is 118 cm³/mol. The molecule has 0 spiro atoms. The van der Waals surface area contributed by atoms with Crippen LogP contribution < -0.4 is 0 Å². The van der Waals surface area contributed by atoms with E-state index in [-0.39, 0.29) is 17.6 Å². The quantitative estimate of drug-likeness (QED) is 0.694. The molecule has 0 N–H and O–H groups in total. The molecule has 0 saturated carbocycles. The van der Waals surface area contributed by atoms with Gasteiger partial charge in [0.1, 0.15) is 5.82 Å². The third kappa shape index (κ3) is 5.19. The molecule has 3 heterocycles. The van der Waals surface area contributed by atoms with Crippen molar-refractivity contribution in [2.45, 2.75) is 32.9 Å². The lowest BCUT2D eigenvalue weighted by Gasteiger charge is -2.38. The summed E-state index contributed by atoms with van der Waals surface area (Å²) in [6.07, 6.45) is 1.82. The van der Waals surface area contributed by atoms with Crippen LogP contribution >= 0.6 is 22.9 Å². The summed E-state index contributed by atoms with van der Waals surface area (Å²) in [4.78, 5) is 24.1. The molecule has 0 bridgehead atoms. The maximum absolute atomic E-state index is 14.0. The van der Waals surface area contributed by atoms with Crippen molar-refractivity contribution in [2.24, 2.45) is 5.92 Å². The second-order valence-corrected chi connectivity index (χ2v) is 9.68. The average Bonchev–Trinajstić information content (AvgIpc) is 3.16. The van der Waals surface area contributed by atoms with Crippen molar-refractivity contribution < 1.29 is 9.18 Å². The Morgan fingerprint density at radius 2 is 1.83 bits per heavy atom. The fraction of sp³-hybridized carbons (Fsp3) is 0.545. The smallest absolute Gasteiger partial charge is 0.225 e. The van der Waals surface area contributed by atoms with Crippen molar-refractivity contribution in [1.82, 2.24) is 19.7 Å². The van der Waals surface area contributed by atoms with E-state index in [1.165, 1.54) is 6.07 Å². The van der Waals surface area contributed by atoms with E-state index < -0.39 is 0 Å². The van der Waals surface area contributed by atoms with Crippen LogP contribution in [0.4, 0.5) is 4.39 Å². The summed E-state index contributed by atoms with van der Waals surface area (Å²) in [6.45, 7) is 8.18. The monoisotopic (exact) mass is 450 g/mol. The Labute approximate surface area is 186 Å². The van der Waals surface area contributed by atoms with Crippen molar-refractivity contribution in [3.05, 3.63) is 50.7 Å². The van der Waals surface area contributed by atoms with Crippen LogP contribution in [0.1, 0.15) is 29.1 Å². The number of aryl methyl sites for hydroxylation is 1. The van der Waals surface area contributed by atoms with E-state index in [1.807, 2.05) is 11.8 Å². The van der Waals surface area contributed by atoms with Crippen molar-refractivity contribution in [3.63, 3.8) is 0 Å². The van der Waals surface area contributed by atoms with Gasteiger partial charge in [0.2, 0.25) is 5.91 Å². The van der Waals surface area contributed by atoms with E-state index in [0.29, 0.717) is 30.2 Å². The highest BCUT2D eigenvalue weighted by Crippen LogP contribution is 2.24. The van der Waals surface area contributed by atoms with Crippen LogP contribution in [0, 0.1) is 18.7 Å². The summed E-state index contributed by atoms with van der Waals surface area (Å²) < 4.78 is 14.0. The van der Waals surface area contributed by atoms with E-state index in [4.69, 9.17) is 11.6 Å². The third-order valence-electron chi connectivity index (χ3n) is 6.12. The number of piperazine rings is 1. The van der Waals surface area contributed by atoms with Gasteiger partial charge in [-0.25, -0.2) is 9.37 Å². The summed E-state index contributed by atoms with van der Waals surface area (Å²) in [5.74, 6) is 0.134. The number of likely N-dealkylation sites (tertiary alicyclic amines) is 1. The van der Waals surface area contributed by atoms with Crippen LogP contribution in [-0.4, -0.2) is 64.9 Å². The number of hydrogen-bond donors (Lipinski definition) is 0. The standard InChI is InChI=1S/C22H28ClFN4OS/c1-16-25-18(15-30-16)13-26-7-5-17(6-8-26)22(29)28-11-9-27(10-12-28)14-19-20(23)3-2-4-21(19)24/h2-4,15,17H,5-14H2,1H3. The second-order valence-electron chi connectivity index (χ2n) is 8.21. The number of hydrogen-bond acceptors (Lipinski definition) is 5. The molecular formula is C22H28ClFN4OS. The number of carbonyl (C=O) groups is 1. The van der Waals surface area contributed by atoms with Gasteiger partial charge in [-0.2, -0.15) is 0 Å². The molecule has 0 radical (unpaired) electrons. The molecule has 1 aromatic heterocycles. The minimum atomic E-state index is -0.263. The van der Waals surface area contributed by atoms with Crippen molar-refractivity contribution in [3.8, 4) is 0 Å². The first-order valence-corrected chi connectivity index (χ1v) is 11.8. The molecule has 4 rings (SSSR count). The van der Waals surface area contributed by atoms with Gasteiger partial charge in [-0.3, -0.25) is 14.6 Å². The van der Waals surface area contributed by atoms with Crippen LogP contribution in [0.5, 0.6) is 0 Å². The lowest BCUT2D eigenvalue weighted by Crippen LogP contribution is -2.51. The summed E-state index contributed by atoms with van der Waals surface area (Å²) in [5, 5.41) is 3.69. The number of halogens is 2. The highest BCUT2D eigenvalue weighted by Gasteiger charge is 2.30. The molecule has 2 aromatic rings. The lowest BCUT2D eigenvalue weighted by molar-refractivity contribution is -0.139. The number of aromatic nitrogens is 1. The highest BCUT2D eigenvalue weighted by atomic mass is 35.5. The molecule has 0 aliphatic carbocycles. The Kier molecular flexibility index (Phi) is 7.03. The first-order chi connectivity index (χ1) is 14.5. The van der Waals surface area contributed by atoms with Crippen LogP contribution in [0.3, 0.4) is 0 Å². The van der Waals surface area contributed by atoms with Crippen molar-refractivity contribution in [2.75, 3.05) is 39.3 Å². The van der Waals surface area contributed by atoms with E-state index in [9.17, 15) is 9.18 Å². The maximum Gasteiger partial charge on any atom is 0.225 e. The molecule has 30 heavy (non-hydrogen) atoms. The minimum absolute atomic E-state index is 0.117. The van der Waals surface area contributed by atoms with Gasteiger partial charge in [0.15, 0.2) is 0 Å². The van der Waals surface area contributed by atoms with E-state index >= 15 is 0 Å². The normalized spacial score (nSPS) is 19.4. The fourth-order valence-corrected chi connectivity index (χ4v) is 5.17. The molecule has 0 atom stereocenters. The molecule has 2 saturated heterocycles. The zero-order chi connectivity index (χ0) is 21.1.